The van der Waals surface area contributed by atoms with Gasteiger partial charge >= 0.3 is 6.36 Å². The molecular weight excluding hydrogens is 416 g/mol. The van der Waals surface area contributed by atoms with Gasteiger partial charge in [-0.1, -0.05) is 15.9 Å². The molecule has 1 aromatic rings. The summed E-state index contributed by atoms with van der Waals surface area (Å²) in [6.45, 7) is 0. The van der Waals surface area contributed by atoms with Gasteiger partial charge in [-0.2, -0.15) is 5.26 Å². The van der Waals surface area contributed by atoms with Crippen LogP contribution in [0.4, 0.5) is 13.2 Å². The molecule has 3 nitrogen and oxygen atoms in total. The van der Waals surface area contributed by atoms with E-state index in [9.17, 15) is 13.2 Å². The summed E-state index contributed by atoms with van der Waals surface area (Å²) in [5.74, 6) is -0.486. The normalized spacial score (nSPS) is 11.1. The smallest absolute Gasteiger partial charge is 0.388 e. The van der Waals surface area contributed by atoms with E-state index < -0.39 is 12.2 Å². The van der Waals surface area contributed by atoms with E-state index >= 15 is 0 Å². The molecule has 0 aliphatic rings. The SMILES string of the molecule is N#CCc1cc(CBr)c(OC(F)(F)F)nc1I. The molecule has 0 bridgehead atoms. The second kappa shape index (κ2) is 5.86. The highest BCUT2D eigenvalue weighted by molar-refractivity contribution is 14.1. The lowest BCUT2D eigenvalue weighted by Gasteiger charge is -2.12. The van der Waals surface area contributed by atoms with E-state index in [1.165, 1.54) is 6.07 Å². The van der Waals surface area contributed by atoms with Crippen molar-refractivity contribution in [2.24, 2.45) is 0 Å². The number of hydrogen-bond acceptors (Lipinski definition) is 3. The van der Waals surface area contributed by atoms with Crippen molar-refractivity contribution in [3.05, 3.63) is 20.9 Å². The van der Waals surface area contributed by atoms with Gasteiger partial charge in [0.1, 0.15) is 3.70 Å². The lowest BCUT2D eigenvalue weighted by atomic mass is 10.2. The Morgan fingerprint density at radius 1 is 1.47 bits per heavy atom. The highest BCUT2D eigenvalue weighted by atomic mass is 127. The summed E-state index contributed by atoms with van der Waals surface area (Å²) in [6, 6.07) is 3.40. The van der Waals surface area contributed by atoms with E-state index in [2.05, 4.69) is 25.7 Å². The van der Waals surface area contributed by atoms with Gasteiger partial charge in [-0.15, -0.1) is 13.2 Å². The molecule has 0 atom stereocenters. The van der Waals surface area contributed by atoms with Gasteiger partial charge in [-0.3, -0.25) is 0 Å². The van der Waals surface area contributed by atoms with E-state index in [0.29, 0.717) is 9.26 Å². The quantitative estimate of drug-likeness (QED) is 0.427. The number of ether oxygens (including phenoxy) is 1. The largest absolute Gasteiger partial charge is 0.574 e. The van der Waals surface area contributed by atoms with Crippen LogP contribution in [0.15, 0.2) is 6.07 Å². The molecule has 1 rings (SSSR count). The van der Waals surface area contributed by atoms with Crippen LogP contribution < -0.4 is 4.74 Å². The minimum Gasteiger partial charge on any atom is -0.388 e. The van der Waals surface area contributed by atoms with Crippen molar-refractivity contribution in [3.8, 4) is 11.9 Å². The first kappa shape index (κ1) is 14.5. The van der Waals surface area contributed by atoms with Gasteiger partial charge in [-0.05, 0) is 34.2 Å². The Morgan fingerprint density at radius 3 is 2.59 bits per heavy atom. The fourth-order valence-electron chi connectivity index (χ4n) is 1.07. The monoisotopic (exact) mass is 420 g/mol. The van der Waals surface area contributed by atoms with Crippen LogP contribution in [0.2, 0.25) is 0 Å². The van der Waals surface area contributed by atoms with Crippen LogP contribution in [0, 0.1) is 15.0 Å². The summed E-state index contributed by atoms with van der Waals surface area (Å²) < 4.78 is 40.5. The van der Waals surface area contributed by atoms with Gasteiger partial charge in [0.2, 0.25) is 5.88 Å². The van der Waals surface area contributed by atoms with Crippen LogP contribution in [0.25, 0.3) is 0 Å². The number of pyridine rings is 1. The average Bonchev–Trinajstić information content (AvgIpc) is 2.20. The molecule has 8 heteroatoms. The molecule has 0 aliphatic heterocycles. The maximum atomic E-state index is 12.1. The van der Waals surface area contributed by atoms with Crippen LogP contribution in [0.1, 0.15) is 11.1 Å². The fraction of sp³-hybridized carbons (Fsp3) is 0.333. The van der Waals surface area contributed by atoms with Crippen molar-refractivity contribution in [1.29, 1.82) is 5.26 Å². The third-order valence-corrected chi connectivity index (χ3v) is 3.25. The Labute approximate surface area is 117 Å². The minimum atomic E-state index is -4.77. The maximum absolute atomic E-state index is 12.1. The first-order chi connectivity index (χ1) is 7.87. The molecule has 92 valence electrons. The molecule has 0 amide bonds. The number of alkyl halides is 4. The third-order valence-electron chi connectivity index (χ3n) is 1.71. The van der Waals surface area contributed by atoms with Gasteiger partial charge in [-0.25, -0.2) is 4.98 Å². The summed E-state index contributed by atoms with van der Waals surface area (Å²) in [7, 11) is 0. The molecule has 0 saturated carbocycles. The van der Waals surface area contributed by atoms with E-state index in [4.69, 9.17) is 5.26 Å². The number of halogens is 5. The standard InChI is InChI=1S/C9H5BrF3IN2O/c10-4-6-3-5(1-2-15)7(14)16-8(6)17-9(11,12)13/h3H,1,4H2. The molecule has 0 spiro atoms. The van der Waals surface area contributed by atoms with Gasteiger partial charge in [0, 0.05) is 10.9 Å². The Hall–Kier alpha value is -0.560. The maximum Gasteiger partial charge on any atom is 0.574 e. The second-order valence-electron chi connectivity index (χ2n) is 2.92. The predicted molar refractivity (Wildman–Crippen MR) is 65.6 cm³/mol. The molecule has 0 fully saturated rings. The van der Waals surface area contributed by atoms with Crippen LogP contribution in [0.3, 0.4) is 0 Å². The number of nitriles is 1. The van der Waals surface area contributed by atoms with E-state index in [-0.39, 0.29) is 17.3 Å². The molecule has 17 heavy (non-hydrogen) atoms. The van der Waals surface area contributed by atoms with Crippen LogP contribution in [-0.4, -0.2) is 11.3 Å². The molecule has 0 aromatic carbocycles. The van der Waals surface area contributed by atoms with E-state index in [1.54, 1.807) is 22.6 Å². The molecule has 0 aliphatic carbocycles. The first-order valence-corrected chi connectivity index (χ1v) is 6.44. The predicted octanol–water partition coefficient (Wildman–Crippen LogP) is 3.55. The van der Waals surface area contributed by atoms with Gasteiger partial charge < -0.3 is 4.74 Å². The lowest BCUT2D eigenvalue weighted by Crippen LogP contribution is -2.19. The Kier molecular flexibility index (Phi) is 5.00. The number of nitrogens with zero attached hydrogens (tertiary/aromatic N) is 2. The zero-order chi connectivity index (χ0) is 13.1. The lowest BCUT2D eigenvalue weighted by molar-refractivity contribution is -0.276. The molecule has 0 radical (unpaired) electrons. The Balaban J connectivity index is 3.15. The van der Waals surface area contributed by atoms with Crippen molar-refractivity contribution in [2.75, 3.05) is 0 Å². The molecule has 1 aromatic heterocycles. The van der Waals surface area contributed by atoms with Crippen LogP contribution in [0.5, 0.6) is 5.88 Å². The van der Waals surface area contributed by atoms with Crippen molar-refractivity contribution < 1.29 is 17.9 Å². The van der Waals surface area contributed by atoms with Gasteiger partial charge in [0.15, 0.2) is 0 Å². The average molecular weight is 421 g/mol. The Morgan fingerprint density at radius 2 is 2.12 bits per heavy atom. The molecule has 0 saturated heterocycles. The fourth-order valence-corrected chi connectivity index (χ4v) is 2.03. The zero-order valence-corrected chi connectivity index (χ0v) is 11.9. The summed E-state index contributed by atoms with van der Waals surface area (Å²) in [6.07, 6.45) is -4.68. The number of rotatable bonds is 3. The molecule has 0 unspecified atom stereocenters. The second-order valence-corrected chi connectivity index (χ2v) is 4.50. The minimum absolute atomic E-state index is 0.0948. The highest BCUT2D eigenvalue weighted by Gasteiger charge is 2.33. The summed E-state index contributed by atoms with van der Waals surface area (Å²) >= 11 is 4.82. The zero-order valence-electron chi connectivity index (χ0n) is 8.18. The van der Waals surface area contributed by atoms with Gasteiger partial charge in [0.05, 0.1) is 12.5 Å². The van der Waals surface area contributed by atoms with Crippen LogP contribution in [-0.2, 0) is 11.8 Å². The number of hydrogen-bond donors (Lipinski definition) is 0. The van der Waals surface area contributed by atoms with Crippen molar-refractivity contribution in [3.63, 3.8) is 0 Å². The number of aromatic nitrogens is 1. The van der Waals surface area contributed by atoms with E-state index in [0.717, 1.165) is 0 Å². The van der Waals surface area contributed by atoms with E-state index in [1.807, 2.05) is 6.07 Å². The topological polar surface area (TPSA) is 45.9 Å². The Bertz CT molecular complexity index is 459. The van der Waals surface area contributed by atoms with Crippen molar-refractivity contribution in [2.45, 2.75) is 18.1 Å². The first-order valence-electron chi connectivity index (χ1n) is 4.24. The molecular formula is C9H5BrF3IN2O. The molecule has 0 N–H and O–H groups in total. The third kappa shape index (κ3) is 4.31. The highest BCUT2D eigenvalue weighted by Crippen LogP contribution is 2.28. The molecule has 1 heterocycles. The summed E-state index contributed by atoms with van der Waals surface area (Å²) in [4.78, 5) is 3.71. The summed E-state index contributed by atoms with van der Waals surface area (Å²) in [5.41, 5.74) is 0.838. The van der Waals surface area contributed by atoms with Crippen molar-refractivity contribution >= 4 is 38.5 Å². The van der Waals surface area contributed by atoms with Crippen molar-refractivity contribution in [1.82, 2.24) is 4.98 Å². The summed E-state index contributed by atoms with van der Waals surface area (Å²) in [5, 5.41) is 8.73. The van der Waals surface area contributed by atoms with Gasteiger partial charge in [0.25, 0.3) is 0 Å². The van der Waals surface area contributed by atoms with Crippen LogP contribution >= 0.6 is 38.5 Å².